The number of benzene rings is 2. The van der Waals surface area contributed by atoms with E-state index >= 15 is 0 Å². The number of imide groups is 1. The van der Waals surface area contributed by atoms with Gasteiger partial charge in [0.2, 0.25) is 5.91 Å². The summed E-state index contributed by atoms with van der Waals surface area (Å²) in [4.78, 5) is 32.8. The molecule has 2 aromatic carbocycles. The highest BCUT2D eigenvalue weighted by atomic mass is 16.5. The minimum absolute atomic E-state index is 0.172. The van der Waals surface area contributed by atoms with Gasteiger partial charge in [0.15, 0.2) is 0 Å². The van der Waals surface area contributed by atoms with Gasteiger partial charge in [0.1, 0.15) is 11.5 Å². The van der Waals surface area contributed by atoms with E-state index in [0.717, 1.165) is 35.3 Å². The third-order valence-electron chi connectivity index (χ3n) is 6.09. The maximum Gasteiger partial charge on any atom is 0.251 e. The van der Waals surface area contributed by atoms with Gasteiger partial charge in [0, 0.05) is 35.8 Å². The zero-order chi connectivity index (χ0) is 20.8. The maximum atomic E-state index is 13.2. The van der Waals surface area contributed by atoms with Gasteiger partial charge >= 0.3 is 0 Å². The van der Waals surface area contributed by atoms with Crippen molar-refractivity contribution in [1.29, 1.82) is 0 Å². The van der Waals surface area contributed by atoms with Crippen LogP contribution in [0, 0.1) is 0 Å². The molecule has 7 nitrogen and oxygen atoms in total. The van der Waals surface area contributed by atoms with Crippen molar-refractivity contribution in [2.24, 2.45) is 0 Å². The summed E-state index contributed by atoms with van der Waals surface area (Å²) in [6, 6.07) is 12.6. The molecule has 1 fully saturated rings. The number of nitrogens with zero attached hydrogens (tertiary/aromatic N) is 2. The highest BCUT2D eigenvalue weighted by Gasteiger charge is 2.43. The lowest BCUT2D eigenvalue weighted by molar-refractivity contribution is -0.123. The standard InChI is InChI=1S/C23H23N3O4/c1-29-15-5-3-4-14(10-15)26-22(27)12-21(23(26)28)25-9-8-17-18-11-16(30-2)6-7-19(18)24-20(17)13-25/h3-7,10-11,21,24H,8-9,12-13H2,1-2H3/t21-/m0/s1. The SMILES string of the molecule is COc1cccc(N2C(=O)C[C@H](N3CCc4c([nH]c5ccc(OC)cc45)C3)C2=O)c1. The Hall–Kier alpha value is -3.32. The van der Waals surface area contributed by atoms with Crippen LogP contribution in [0.1, 0.15) is 17.7 Å². The van der Waals surface area contributed by atoms with Crippen molar-refractivity contribution in [1.82, 2.24) is 9.88 Å². The molecular formula is C23H23N3O4. The Morgan fingerprint density at radius 1 is 1.03 bits per heavy atom. The van der Waals surface area contributed by atoms with Crippen LogP contribution >= 0.6 is 0 Å². The largest absolute Gasteiger partial charge is 0.497 e. The fourth-order valence-corrected chi connectivity index (χ4v) is 4.56. The lowest BCUT2D eigenvalue weighted by Crippen LogP contribution is -2.44. The monoisotopic (exact) mass is 405 g/mol. The molecule has 3 heterocycles. The number of carbonyl (C=O) groups is 2. The van der Waals surface area contributed by atoms with Crippen molar-refractivity contribution in [3.8, 4) is 11.5 Å². The Morgan fingerprint density at radius 3 is 2.63 bits per heavy atom. The molecule has 0 saturated carbocycles. The number of aromatic amines is 1. The number of amides is 2. The smallest absolute Gasteiger partial charge is 0.251 e. The van der Waals surface area contributed by atoms with Crippen molar-refractivity contribution in [2.75, 3.05) is 25.7 Å². The summed E-state index contributed by atoms with van der Waals surface area (Å²) in [7, 11) is 3.23. The van der Waals surface area contributed by atoms with Gasteiger partial charge in [-0.1, -0.05) is 6.07 Å². The predicted octanol–water partition coefficient (Wildman–Crippen LogP) is 2.88. The van der Waals surface area contributed by atoms with Gasteiger partial charge in [0.25, 0.3) is 5.91 Å². The van der Waals surface area contributed by atoms with Crippen LogP contribution in [0.3, 0.4) is 0 Å². The van der Waals surface area contributed by atoms with Crippen molar-refractivity contribution in [3.05, 3.63) is 53.7 Å². The Morgan fingerprint density at radius 2 is 1.83 bits per heavy atom. The lowest BCUT2D eigenvalue weighted by Gasteiger charge is -2.30. The molecule has 2 aliphatic rings. The fourth-order valence-electron chi connectivity index (χ4n) is 4.56. The number of hydrogen-bond acceptors (Lipinski definition) is 5. The first kappa shape index (κ1) is 18.7. The Kier molecular flexibility index (Phi) is 4.47. The molecule has 1 atom stereocenters. The van der Waals surface area contributed by atoms with Gasteiger partial charge in [-0.05, 0) is 42.3 Å². The first-order chi connectivity index (χ1) is 14.6. The van der Waals surface area contributed by atoms with Crippen molar-refractivity contribution in [2.45, 2.75) is 25.4 Å². The number of methoxy groups -OCH3 is 2. The summed E-state index contributed by atoms with van der Waals surface area (Å²) < 4.78 is 10.6. The van der Waals surface area contributed by atoms with Crippen LogP contribution in [-0.4, -0.2) is 48.5 Å². The zero-order valence-corrected chi connectivity index (χ0v) is 17.0. The average Bonchev–Trinajstić information content (AvgIpc) is 3.28. The van der Waals surface area contributed by atoms with Gasteiger partial charge in [-0.25, -0.2) is 4.90 Å². The number of ether oxygens (including phenoxy) is 2. The van der Waals surface area contributed by atoms with E-state index in [1.165, 1.54) is 10.5 Å². The van der Waals surface area contributed by atoms with Crippen molar-refractivity contribution in [3.63, 3.8) is 0 Å². The minimum Gasteiger partial charge on any atom is -0.497 e. The highest BCUT2D eigenvalue weighted by molar-refractivity contribution is 6.22. The number of carbonyl (C=O) groups excluding carboxylic acids is 2. The molecule has 7 heteroatoms. The van der Waals surface area contributed by atoms with Gasteiger partial charge < -0.3 is 14.5 Å². The number of H-pyrrole nitrogens is 1. The second kappa shape index (κ2) is 7.18. The van der Waals surface area contributed by atoms with Gasteiger partial charge in [-0.3, -0.25) is 14.5 Å². The van der Waals surface area contributed by atoms with Crippen LogP contribution in [0.5, 0.6) is 11.5 Å². The zero-order valence-electron chi connectivity index (χ0n) is 17.0. The van der Waals surface area contributed by atoms with Crippen LogP contribution < -0.4 is 14.4 Å². The number of rotatable bonds is 4. The molecule has 1 saturated heterocycles. The number of nitrogens with one attached hydrogen (secondary N) is 1. The van der Waals surface area contributed by atoms with Crippen molar-refractivity contribution >= 4 is 28.4 Å². The topological polar surface area (TPSA) is 74.9 Å². The van der Waals surface area contributed by atoms with Crippen molar-refractivity contribution < 1.29 is 19.1 Å². The fraction of sp³-hybridized carbons (Fsp3) is 0.304. The van der Waals surface area contributed by atoms with Crippen LogP contribution in [0.2, 0.25) is 0 Å². The molecule has 1 N–H and O–H groups in total. The summed E-state index contributed by atoms with van der Waals surface area (Å²) >= 11 is 0. The van der Waals surface area contributed by atoms with E-state index in [2.05, 4.69) is 16.0 Å². The maximum absolute atomic E-state index is 13.2. The summed E-state index contributed by atoms with van der Waals surface area (Å²) in [5, 5.41) is 1.16. The molecular weight excluding hydrogens is 382 g/mol. The first-order valence-corrected chi connectivity index (χ1v) is 10.0. The third-order valence-corrected chi connectivity index (χ3v) is 6.09. The Balaban J connectivity index is 1.41. The predicted molar refractivity (Wildman–Crippen MR) is 113 cm³/mol. The summed E-state index contributed by atoms with van der Waals surface area (Å²) in [6.07, 6.45) is 1.01. The van der Waals surface area contributed by atoms with E-state index in [0.29, 0.717) is 18.0 Å². The van der Waals surface area contributed by atoms with Crippen LogP contribution in [0.15, 0.2) is 42.5 Å². The molecule has 3 aromatic rings. The molecule has 0 unspecified atom stereocenters. The van der Waals surface area contributed by atoms with Crippen LogP contribution in [0.25, 0.3) is 10.9 Å². The third kappa shape index (κ3) is 2.93. The van der Waals surface area contributed by atoms with E-state index in [9.17, 15) is 9.59 Å². The Bertz CT molecular complexity index is 1150. The lowest BCUT2D eigenvalue weighted by atomic mass is 10.0. The second-order valence-electron chi connectivity index (χ2n) is 7.70. The quantitative estimate of drug-likeness (QED) is 0.676. The average molecular weight is 405 g/mol. The van der Waals surface area contributed by atoms with E-state index < -0.39 is 6.04 Å². The molecule has 2 aliphatic heterocycles. The molecule has 5 rings (SSSR count). The van der Waals surface area contributed by atoms with E-state index in [-0.39, 0.29) is 18.2 Å². The highest BCUT2D eigenvalue weighted by Crippen LogP contribution is 2.34. The molecule has 30 heavy (non-hydrogen) atoms. The summed E-state index contributed by atoms with van der Waals surface area (Å²) in [5.41, 5.74) is 3.99. The molecule has 0 spiro atoms. The first-order valence-electron chi connectivity index (χ1n) is 10.0. The molecule has 1 aromatic heterocycles. The molecule has 0 bridgehead atoms. The van der Waals surface area contributed by atoms with Crippen LogP contribution in [0.4, 0.5) is 5.69 Å². The second-order valence-corrected chi connectivity index (χ2v) is 7.70. The summed E-state index contributed by atoms with van der Waals surface area (Å²) in [5.74, 6) is 1.10. The normalized spacial score (nSPS) is 19.4. The van der Waals surface area contributed by atoms with Gasteiger partial charge in [-0.2, -0.15) is 0 Å². The van der Waals surface area contributed by atoms with Crippen LogP contribution in [-0.2, 0) is 22.6 Å². The molecule has 0 radical (unpaired) electrons. The number of hydrogen-bond donors (Lipinski definition) is 1. The number of aromatic nitrogens is 1. The molecule has 154 valence electrons. The molecule has 0 aliphatic carbocycles. The van der Waals surface area contributed by atoms with E-state index in [4.69, 9.17) is 9.47 Å². The van der Waals surface area contributed by atoms with E-state index in [1.807, 2.05) is 12.1 Å². The van der Waals surface area contributed by atoms with Gasteiger partial charge in [-0.15, -0.1) is 0 Å². The number of anilines is 1. The van der Waals surface area contributed by atoms with E-state index in [1.54, 1.807) is 38.5 Å². The van der Waals surface area contributed by atoms with Gasteiger partial charge in [0.05, 0.1) is 32.4 Å². The Labute approximate surface area is 174 Å². The summed E-state index contributed by atoms with van der Waals surface area (Å²) in [6.45, 7) is 1.34. The number of fused-ring (bicyclic) bond motifs is 3. The minimum atomic E-state index is -0.446. The molecule has 2 amide bonds.